The van der Waals surface area contributed by atoms with Crippen molar-refractivity contribution in [2.75, 3.05) is 0 Å². The molecule has 0 aliphatic carbocycles. The number of halogens is 1. The number of carboxylic acids is 1. The number of aromatic nitrogens is 1. The van der Waals surface area contributed by atoms with Gasteiger partial charge < -0.3 is 9.52 Å². The largest absolute Gasteiger partial charge is 0.481 e. The molecule has 0 bridgehead atoms. The molecule has 27 heavy (non-hydrogen) atoms. The minimum absolute atomic E-state index is 0.209. The molecule has 0 atom stereocenters. The van der Waals surface area contributed by atoms with Crippen LogP contribution in [-0.4, -0.2) is 16.1 Å². The summed E-state index contributed by atoms with van der Waals surface area (Å²) in [7, 11) is 0. The SMILES string of the molecule is O=C(O)CCCCCCc1nc(-c2ccccc2)c(-c2cccc(F)c2)o1. The first-order chi connectivity index (χ1) is 13.1. The number of carboxylic acid groups (broad SMARTS) is 1. The van der Waals surface area contributed by atoms with E-state index in [0.29, 0.717) is 35.7 Å². The van der Waals surface area contributed by atoms with Crippen LogP contribution in [0.15, 0.2) is 59.0 Å². The second kappa shape index (κ2) is 9.12. The van der Waals surface area contributed by atoms with Crippen LogP contribution in [0, 0.1) is 5.82 Å². The molecule has 0 saturated heterocycles. The van der Waals surface area contributed by atoms with Gasteiger partial charge in [-0.2, -0.15) is 0 Å². The molecule has 1 aromatic heterocycles. The lowest BCUT2D eigenvalue weighted by molar-refractivity contribution is -0.137. The molecule has 0 aliphatic rings. The number of nitrogens with zero attached hydrogens (tertiary/aromatic N) is 1. The first-order valence-corrected chi connectivity index (χ1v) is 9.16. The normalized spacial score (nSPS) is 10.9. The molecule has 3 aromatic rings. The third-order valence-electron chi connectivity index (χ3n) is 4.34. The summed E-state index contributed by atoms with van der Waals surface area (Å²) in [6, 6.07) is 16.0. The first kappa shape index (κ1) is 18.8. The molecule has 0 radical (unpaired) electrons. The van der Waals surface area contributed by atoms with Gasteiger partial charge in [0.2, 0.25) is 0 Å². The molecule has 3 rings (SSSR count). The number of unbranched alkanes of at least 4 members (excludes halogenated alkanes) is 3. The zero-order chi connectivity index (χ0) is 19.1. The molecule has 0 spiro atoms. The van der Waals surface area contributed by atoms with Crippen molar-refractivity contribution in [2.45, 2.75) is 38.5 Å². The molecule has 0 aliphatic heterocycles. The topological polar surface area (TPSA) is 63.3 Å². The fraction of sp³-hybridized carbons (Fsp3) is 0.273. The van der Waals surface area contributed by atoms with E-state index in [-0.39, 0.29) is 12.2 Å². The highest BCUT2D eigenvalue weighted by Gasteiger charge is 2.17. The van der Waals surface area contributed by atoms with Crippen molar-refractivity contribution < 1.29 is 18.7 Å². The number of aliphatic carboxylic acids is 1. The van der Waals surface area contributed by atoms with E-state index in [0.717, 1.165) is 24.8 Å². The lowest BCUT2D eigenvalue weighted by Gasteiger charge is -2.01. The Bertz CT molecular complexity index is 890. The Labute approximate surface area is 157 Å². The van der Waals surface area contributed by atoms with Crippen molar-refractivity contribution >= 4 is 5.97 Å². The summed E-state index contributed by atoms with van der Waals surface area (Å²) >= 11 is 0. The summed E-state index contributed by atoms with van der Waals surface area (Å²) in [6.07, 6.45) is 4.23. The Morgan fingerprint density at radius 1 is 0.963 bits per heavy atom. The van der Waals surface area contributed by atoms with Crippen LogP contribution < -0.4 is 0 Å². The highest BCUT2D eigenvalue weighted by Crippen LogP contribution is 2.33. The number of carbonyl (C=O) groups is 1. The minimum atomic E-state index is -0.755. The van der Waals surface area contributed by atoms with E-state index in [1.54, 1.807) is 6.07 Å². The minimum Gasteiger partial charge on any atom is -0.481 e. The highest BCUT2D eigenvalue weighted by atomic mass is 19.1. The highest BCUT2D eigenvalue weighted by molar-refractivity contribution is 5.76. The lowest BCUT2D eigenvalue weighted by Crippen LogP contribution is -1.94. The van der Waals surface area contributed by atoms with Crippen LogP contribution in [0.2, 0.25) is 0 Å². The smallest absolute Gasteiger partial charge is 0.303 e. The van der Waals surface area contributed by atoms with Gasteiger partial charge in [-0.05, 0) is 25.0 Å². The summed E-state index contributed by atoms with van der Waals surface area (Å²) in [5, 5.41) is 8.67. The maximum Gasteiger partial charge on any atom is 0.303 e. The van der Waals surface area contributed by atoms with Gasteiger partial charge in [0, 0.05) is 24.0 Å². The molecule has 0 fully saturated rings. The molecule has 140 valence electrons. The third-order valence-corrected chi connectivity index (χ3v) is 4.34. The fourth-order valence-electron chi connectivity index (χ4n) is 2.99. The summed E-state index contributed by atoms with van der Waals surface area (Å²) in [4.78, 5) is 15.2. The average Bonchev–Trinajstić information content (AvgIpc) is 3.09. The van der Waals surface area contributed by atoms with E-state index in [4.69, 9.17) is 9.52 Å². The Hall–Kier alpha value is -2.95. The van der Waals surface area contributed by atoms with E-state index in [9.17, 15) is 9.18 Å². The van der Waals surface area contributed by atoms with Crippen LogP contribution in [-0.2, 0) is 11.2 Å². The predicted octanol–water partition coefficient (Wildman–Crippen LogP) is 5.73. The van der Waals surface area contributed by atoms with Crippen molar-refractivity contribution in [3.05, 3.63) is 66.3 Å². The van der Waals surface area contributed by atoms with Gasteiger partial charge in [0.25, 0.3) is 0 Å². The maximum absolute atomic E-state index is 13.7. The standard InChI is InChI=1S/C22H22FNO3/c23-18-12-8-11-17(15-18)22-21(16-9-4-3-5-10-16)24-19(27-22)13-6-1-2-7-14-20(25)26/h3-5,8-12,15H,1-2,6-7,13-14H2,(H,25,26). The zero-order valence-corrected chi connectivity index (χ0v) is 15.0. The van der Waals surface area contributed by atoms with Crippen molar-refractivity contribution in [3.8, 4) is 22.6 Å². The van der Waals surface area contributed by atoms with Gasteiger partial charge in [0.15, 0.2) is 11.7 Å². The fourth-order valence-corrected chi connectivity index (χ4v) is 2.99. The molecular formula is C22H22FNO3. The predicted molar refractivity (Wildman–Crippen MR) is 102 cm³/mol. The van der Waals surface area contributed by atoms with Gasteiger partial charge >= 0.3 is 5.97 Å². The van der Waals surface area contributed by atoms with Crippen LogP contribution >= 0.6 is 0 Å². The first-order valence-electron chi connectivity index (χ1n) is 9.16. The number of oxazole rings is 1. The van der Waals surface area contributed by atoms with E-state index in [1.165, 1.54) is 12.1 Å². The Morgan fingerprint density at radius 2 is 1.70 bits per heavy atom. The number of hydrogen-bond donors (Lipinski definition) is 1. The number of benzene rings is 2. The molecule has 0 saturated carbocycles. The molecule has 1 heterocycles. The molecule has 0 amide bonds. The summed E-state index contributed by atoms with van der Waals surface area (Å²) in [5.74, 6) is 0.116. The van der Waals surface area contributed by atoms with Gasteiger partial charge in [-0.3, -0.25) is 4.79 Å². The quantitative estimate of drug-likeness (QED) is 0.491. The number of aryl methyl sites for hydroxylation is 1. The monoisotopic (exact) mass is 367 g/mol. The van der Waals surface area contributed by atoms with Crippen LogP contribution in [0.4, 0.5) is 4.39 Å². The molecule has 1 N–H and O–H groups in total. The van der Waals surface area contributed by atoms with Gasteiger partial charge in [0.1, 0.15) is 11.5 Å². The van der Waals surface area contributed by atoms with Crippen LogP contribution in [0.25, 0.3) is 22.6 Å². The van der Waals surface area contributed by atoms with E-state index in [2.05, 4.69) is 4.98 Å². The van der Waals surface area contributed by atoms with Crippen LogP contribution in [0.3, 0.4) is 0 Å². The Morgan fingerprint density at radius 3 is 2.44 bits per heavy atom. The second-order valence-corrected chi connectivity index (χ2v) is 6.47. The van der Waals surface area contributed by atoms with Crippen molar-refractivity contribution in [1.82, 2.24) is 4.98 Å². The van der Waals surface area contributed by atoms with Crippen molar-refractivity contribution in [3.63, 3.8) is 0 Å². The Kier molecular flexibility index (Phi) is 6.36. The van der Waals surface area contributed by atoms with E-state index in [1.807, 2.05) is 36.4 Å². The summed E-state index contributed by atoms with van der Waals surface area (Å²) in [5.41, 5.74) is 2.30. The molecule has 2 aromatic carbocycles. The van der Waals surface area contributed by atoms with Crippen molar-refractivity contribution in [1.29, 1.82) is 0 Å². The summed E-state index contributed by atoms with van der Waals surface area (Å²) in [6.45, 7) is 0. The van der Waals surface area contributed by atoms with Gasteiger partial charge in [0.05, 0.1) is 0 Å². The summed E-state index contributed by atoms with van der Waals surface area (Å²) < 4.78 is 19.7. The van der Waals surface area contributed by atoms with Crippen LogP contribution in [0.5, 0.6) is 0 Å². The maximum atomic E-state index is 13.7. The number of hydrogen-bond acceptors (Lipinski definition) is 3. The lowest BCUT2D eigenvalue weighted by atomic mass is 10.1. The van der Waals surface area contributed by atoms with E-state index >= 15 is 0 Å². The third kappa shape index (κ3) is 5.26. The Balaban J connectivity index is 1.75. The van der Waals surface area contributed by atoms with Gasteiger partial charge in [-0.1, -0.05) is 55.3 Å². The van der Waals surface area contributed by atoms with Crippen LogP contribution in [0.1, 0.15) is 38.0 Å². The molecule has 0 unspecified atom stereocenters. The zero-order valence-electron chi connectivity index (χ0n) is 15.0. The van der Waals surface area contributed by atoms with Gasteiger partial charge in [-0.25, -0.2) is 9.37 Å². The average molecular weight is 367 g/mol. The molecule has 4 nitrogen and oxygen atoms in total. The molecule has 5 heteroatoms. The van der Waals surface area contributed by atoms with E-state index < -0.39 is 5.97 Å². The molecular weight excluding hydrogens is 345 g/mol. The van der Waals surface area contributed by atoms with Gasteiger partial charge in [-0.15, -0.1) is 0 Å². The van der Waals surface area contributed by atoms with Crippen molar-refractivity contribution in [2.24, 2.45) is 0 Å². The second-order valence-electron chi connectivity index (χ2n) is 6.47. The number of rotatable bonds is 9.